The van der Waals surface area contributed by atoms with Gasteiger partial charge in [-0.25, -0.2) is 0 Å². The third-order valence-corrected chi connectivity index (χ3v) is 3.95. The molecule has 5 nitrogen and oxygen atoms in total. The molecule has 0 amide bonds. The van der Waals surface area contributed by atoms with Crippen LogP contribution in [0.5, 0.6) is 5.75 Å². The molecule has 0 bridgehead atoms. The van der Waals surface area contributed by atoms with Crippen molar-refractivity contribution in [3.63, 3.8) is 0 Å². The summed E-state index contributed by atoms with van der Waals surface area (Å²) in [6, 6.07) is 6.00. The van der Waals surface area contributed by atoms with Crippen molar-refractivity contribution in [1.82, 2.24) is 9.80 Å². The summed E-state index contributed by atoms with van der Waals surface area (Å²) >= 11 is 3.48. The van der Waals surface area contributed by atoms with Crippen LogP contribution < -0.4 is 4.74 Å². The molecule has 0 unspecified atom stereocenters. The van der Waals surface area contributed by atoms with Gasteiger partial charge in [0.1, 0.15) is 5.75 Å². The minimum absolute atomic E-state index is 0.133. The standard InChI is InChI=1S/C14H19BrN2O3/c1-20-13-3-2-12(15)8-11(13)9-16-4-6-17(7-5-16)10-14(18)19/h2-3,8H,4-7,9-10H2,1H3,(H,18,19). The number of methoxy groups -OCH3 is 1. The van der Waals surface area contributed by atoms with Crippen LogP contribution in [-0.2, 0) is 11.3 Å². The lowest BCUT2D eigenvalue weighted by Crippen LogP contribution is -2.47. The van der Waals surface area contributed by atoms with Crippen LogP contribution in [0.1, 0.15) is 5.56 Å². The lowest BCUT2D eigenvalue weighted by Gasteiger charge is -2.34. The maximum absolute atomic E-state index is 10.7. The number of hydrogen-bond donors (Lipinski definition) is 1. The predicted octanol–water partition coefficient (Wildman–Crippen LogP) is 1.66. The van der Waals surface area contributed by atoms with E-state index in [-0.39, 0.29) is 6.54 Å². The fraction of sp³-hybridized carbons (Fsp3) is 0.500. The number of aliphatic carboxylic acids is 1. The van der Waals surface area contributed by atoms with Crippen molar-refractivity contribution in [2.24, 2.45) is 0 Å². The summed E-state index contributed by atoms with van der Waals surface area (Å²) in [5.41, 5.74) is 1.15. The number of nitrogens with zero attached hydrogens (tertiary/aromatic N) is 2. The van der Waals surface area contributed by atoms with Crippen molar-refractivity contribution in [2.75, 3.05) is 39.8 Å². The largest absolute Gasteiger partial charge is 0.496 e. The average Bonchev–Trinajstić information content (AvgIpc) is 2.41. The second kappa shape index (κ2) is 7.06. The summed E-state index contributed by atoms with van der Waals surface area (Å²) in [6.45, 7) is 4.30. The van der Waals surface area contributed by atoms with Gasteiger partial charge in [0.2, 0.25) is 0 Å². The first-order chi connectivity index (χ1) is 9.58. The molecule has 1 aromatic rings. The van der Waals surface area contributed by atoms with E-state index in [0.29, 0.717) is 0 Å². The maximum atomic E-state index is 10.7. The number of benzene rings is 1. The number of carbonyl (C=O) groups is 1. The number of carboxylic acid groups (broad SMARTS) is 1. The number of ether oxygens (including phenoxy) is 1. The Hall–Kier alpha value is -1.11. The molecule has 0 atom stereocenters. The van der Waals surface area contributed by atoms with E-state index in [2.05, 4.69) is 26.9 Å². The molecule has 0 aromatic heterocycles. The number of piperazine rings is 1. The van der Waals surface area contributed by atoms with E-state index in [1.165, 1.54) is 0 Å². The topological polar surface area (TPSA) is 53.0 Å². The first-order valence-corrected chi connectivity index (χ1v) is 7.36. The van der Waals surface area contributed by atoms with E-state index in [0.717, 1.165) is 48.5 Å². The van der Waals surface area contributed by atoms with Crippen molar-refractivity contribution < 1.29 is 14.6 Å². The van der Waals surface area contributed by atoms with Crippen molar-refractivity contribution in [3.05, 3.63) is 28.2 Å². The highest BCUT2D eigenvalue weighted by atomic mass is 79.9. The van der Waals surface area contributed by atoms with Gasteiger partial charge in [-0.05, 0) is 18.2 Å². The second-order valence-corrected chi connectivity index (χ2v) is 5.82. The van der Waals surface area contributed by atoms with E-state index in [1.807, 2.05) is 17.0 Å². The van der Waals surface area contributed by atoms with Crippen molar-refractivity contribution in [3.8, 4) is 5.75 Å². The summed E-state index contributed by atoms with van der Waals surface area (Å²) in [7, 11) is 1.68. The fourth-order valence-electron chi connectivity index (χ4n) is 2.41. The molecule has 0 aliphatic carbocycles. The van der Waals surface area contributed by atoms with Gasteiger partial charge in [0.15, 0.2) is 0 Å². The van der Waals surface area contributed by atoms with Crippen LogP contribution in [0.25, 0.3) is 0 Å². The molecule has 1 fully saturated rings. The van der Waals surface area contributed by atoms with Gasteiger partial charge in [0.05, 0.1) is 13.7 Å². The predicted molar refractivity (Wildman–Crippen MR) is 80.0 cm³/mol. The van der Waals surface area contributed by atoms with Gasteiger partial charge in [0.25, 0.3) is 0 Å². The van der Waals surface area contributed by atoms with Crippen LogP contribution in [0.4, 0.5) is 0 Å². The van der Waals surface area contributed by atoms with E-state index in [9.17, 15) is 4.79 Å². The molecule has 1 aliphatic heterocycles. The van der Waals surface area contributed by atoms with Crippen LogP contribution in [0.3, 0.4) is 0 Å². The quantitative estimate of drug-likeness (QED) is 0.881. The molecule has 0 spiro atoms. The van der Waals surface area contributed by atoms with Crippen molar-refractivity contribution >= 4 is 21.9 Å². The Bertz CT molecular complexity index is 473. The average molecular weight is 343 g/mol. The molecule has 0 saturated carbocycles. The van der Waals surface area contributed by atoms with Crippen LogP contribution in [0, 0.1) is 0 Å². The molecule has 1 aliphatic rings. The zero-order valence-electron chi connectivity index (χ0n) is 11.5. The van der Waals surface area contributed by atoms with Gasteiger partial charge in [-0.3, -0.25) is 14.6 Å². The molecule has 1 aromatic carbocycles. The molecular formula is C14H19BrN2O3. The number of halogens is 1. The Morgan fingerprint density at radius 1 is 1.30 bits per heavy atom. The number of hydrogen-bond acceptors (Lipinski definition) is 4. The lowest BCUT2D eigenvalue weighted by atomic mass is 10.1. The Balaban J connectivity index is 1.92. The van der Waals surface area contributed by atoms with E-state index in [1.54, 1.807) is 7.11 Å². The van der Waals surface area contributed by atoms with Crippen LogP contribution in [-0.4, -0.2) is 60.7 Å². The third-order valence-electron chi connectivity index (χ3n) is 3.46. The molecule has 6 heteroatoms. The molecular weight excluding hydrogens is 324 g/mol. The van der Waals surface area contributed by atoms with Crippen molar-refractivity contribution in [2.45, 2.75) is 6.54 Å². The smallest absolute Gasteiger partial charge is 0.317 e. The van der Waals surface area contributed by atoms with Gasteiger partial charge in [-0.2, -0.15) is 0 Å². The summed E-state index contributed by atoms with van der Waals surface area (Å²) in [5, 5.41) is 8.79. The molecule has 1 saturated heterocycles. The summed E-state index contributed by atoms with van der Waals surface area (Å²) in [4.78, 5) is 15.0. The molecule has 1 N–H and O–H groups in total. The van der Waals surface area contributed by atoms with Gasteiger partial charge in [-0.1, -0.05) is 15.9 Å². The van der Waals surface area contributed by atoms with Gasteiger partial charge >= 0.3 is 5.97 Å². The first-order valence-electron chi connectivity index (χ1n) is 6.57. The molecule has 110 valence electrons. The fourth-order valence-corrected chi connectivity index (χ4v) is 2.82. The number of rotatable bonds is 5. The van der Waals surface area contributed by atoms with Crippen molar-refractivity contribution in [1.29, 1.82) is 0 Å². The van der Waals surface area contributed by atoms with E-state index >= 15 is 0 Å². The van der Waals surface area contributed by atoms with E-state index < -0.39 is 5.97 Å². The van der Waals surface area contributed by atoms with Gasteiger partial charge < -0.3 is 9.84 Å². The summed E-state index contributed by atoms with van der Waals surface area (Å²) in [5.74, 6) is 0.133. The second-order valence-electron chi connectivity index (χ2n) is 4.90. The lowest BCUT2D eigenvalue weighted by molar-refractivity contribution is -0.138. The zero-order valence-corrected chi connectivity index (χ0v) is 13.1. The Labute approximate surface area is 127 Å². The third kappa shape index (κ3) is 4.19. The minimum Gasteiger partial charge on any atom is -0.496 e. The number of carboxylic acids is 1. The monoisotopic (exact) mass is 342 g/mol. The van der Waals surface area contributed by atoms with Gasteiger partial charge in [0, 0.05) is 42.8 Å². The summed E-state index contributed by atoms with van der Waals surface area (Å²) in [6.07, 6.45) is 0. The Kier molecular flexibility index (Phi) is 5.39. The van der Waals surface area contributed by atoms with E-state index in [4.69, 9.17) is 9.84 Å². The highest BCUT2D eigenvalue weighted by Crippen LogP contribution is 2.24. The van der Waals surface area contributed by atoms with Crippen LogP contribution in [0.15, 0.2) is 22.7 Å². The highest BCUT2D eigenvalue weighted by molar-refractivity contribution is 9.10. The zero-order chi connectivity index (χ0) is 14.5. The molecule has 0 radical (unpaired) electrons. The molecule has 1 heterocycles. The first kappa shape index (κ1) is 15.3. The summed E-state index contributed by atoms with van der Waals surface area (Å²) < 4.78 is 6.42. The minimum atomic E-state index is -0.757. The normalized spacial score (nSPS) is 17.1. The maximum Gasteiger partial charge on any atom is 0.317 e. The Morgan fingerprint density at radius 3 is 2.55 bits per heavy atom. The highest BCUT2D eigenvalue weighted by Gasteiger charge is 2.19. The van der Waals surface area contributed by atoms with Gasteiger partial charge in [-0.15, -0.1) is 0 Å². The van der Waals surface area contributed by atoms with Crippen LogP contribution in [0.2, 0.25) is 0 Å². The van der Waals surface area contributed by atoms with Crippen LogP contribution >= 0.6 is 15.9 Å². The Morgan fingerprint density at radius 2 is 1.95 bits per heavy atom. The molecule has 2 rings (SSSR count). The molecule has 20 heavy (non-hydrogen) atoms. The SMILES string of the molecule is COc1ccc(Br)cc1CN1CCN(CC(=O)O)CC1.